The molecule has 5 nitrogen and oxygen atoms in total. The first-order chi connectivity index (χ1) is 12.1. The third-order valence-electron chi connectivity index (χ3n) is 4.41. The fraction of sp³-hybridized carbons (Fsp3) is 0.100. The van der Waals surface area contributed by atoms with Gasteiger partial charge in [-0.3, -0.25) is 14.5 Å². The van der Waals surface area contributed by atoms with Crippen molar-refractivity contribution >= 4 is 23.2 Å². The molecule has 0 saturated carbocycles. The molecule has 0 radical (unpaired) electrons. The number of benzene rings is 2. The van der Waals surface area contributed by atoms with Crippen LogP contribution in [-0.4, -0.2) is 22.8 Å². The summed E-state index contributed by atoms with van der Waals surface area (Å²) in [5, 5.41) is 3.31. The number of hydrogen-bond donors (Lipinski definition) is 2. The van der Waals surface area contributed by atoms with Gasteiger partial charge in [-0.05, 0) is 42.8 Å². The van der Waals surface area contributed by atoms with Crippen LogP contribution >= 0.6 is 0 Å². The van der Waals surface area contributed by atoms with Gasteiger partial charge in [-0.25, -0.2) is 0 Å². The van der Waals surface area contributed by atoms with E-state index < -0.39 is 0 Å². The summed E-state index contributed by atoms with van der Waals surface area (Å²) < 4.78 is 0. The Bertz CT molecular complexity index is 916. The van der Waals surface area contributed by atoms with Gasteiger partial charge in [0.05, 0.1) is 17.2 Å². The molecule has 2 amide bonds. The van der Waals surface area contributed by atoms with E-state index in [9.17, 15) is 9.59 Å². The van der Waals surface area contributed by atoms with Gasteiger partial charge in [0.25, 0.3) is 11.8 Å². The molecule has 25 heavy (non-hydrogen) atoms. The number of carbonyl (C=O) groups excluding carboxylic acids is 2. The van der Waals surface area contributed by atoms with E-state index in [1.54, 1.807) is 18.2 Å². The average Bonchev–Trinajstić information content (AvgIpc) is 2.87. The molecule has 2 aromatic carbocycles. The first kappa shape index (κ1) is 15.2. The summed E-state index contributed by atoms with van der Waals surface area (Å²) in [6, 6.07) is 14.4. The number of amides is 2. The lowest BCUT2D eigenvalue weighted by atomic mass is 10.0. The molecule has 0 fully saturated rings. The molecule has 1 aliphatic carbocycles. The van der Waals surface area contributed by atoms with Crippen LogP contribution in [0.3, 0.4) is 0 Å². The SMILES string of the molecule is Nc1ccc2c(c1)C(=O)N([C@H]1C=CC(Nc3ccccc3)=CC1)C2=O. The number of imide groups is 1. The third-order valence-corrected chi connectivity index (χ3v) is 4.41. The van der Waals surface area contributed by atoms with E-state index in [0.717, 1.165) is 11.4 Å². The molecule has 1 heterocycles. The molecule has 1 atom stereocenters. The number of hydrogen-bond acceptors (Lipinski definition) is 4. The number of nitrogens with one attached hydrogen (secondary N) is 1. The van der Waals surface area contributed by atoms with Crippen molar-refractivity contribution in [1.82, 2.24) is 4.90 Å². The fourth-order valence-electron chi connectivity index (χ4n) is 3.16. The molecule has 0 saturated heterocycles. The highest BCUT2D eigenvalue weighted by molar-refractivity contribution is 6.22. The number of para-hydroxylation sites is 1. The average molecular weight is 331 g/mol. The smallest absolute Gasteiger partial charge is 0.262 e. The summed E-state index contributed by atoms with van der Waals surface area (Å²) >= 11 is 0. The van der Waals surface area contributed by atoms with Crippen LogP contribution in [0.5, 0.6) is 0 Å². The molecule has 5 heteroatoms. The summed E-state index contributed by atoms with van der Waals surface area (Å²) in [4.78, 5) is 26.5. The second-order valence-corrected chi connectivity index (χ2v) is 6.10. The minimum atomic E-state index is -0.283. The summed E-state index contributed by atoms with van der Waals surface area (Å²) in [6.45, 7) is 0. The maximum atomic E-state index is 12.6. The van der Waals surface area contributed by atoms with Crippen molar-refractivity contribution in [3.63, 3.8) is 0 Å². The molecule has 3 N–H and O–H groups in total. The lowest BCUT2D eigenvalue weighted by Crippen LogP contribution is -2.39. The molecule has 2 aliphatic rings. The van der Waals surface area contributed by atoms with Crippen LogP contribution in [0.4, 0.5) is 11.4 Å². The van der Waals surface area contributed by atoms with Crippen molar-refractivity contribution in [2.75, 3.05) is 11.1 Å². The van der Waals surface area contributed by atoms with E-state index in [4.69, 9.17) is 5.73 Å². The van der Waals surface area contributed by atoms with Gasteiger partial charge in [-0.1, -0.05) is 30.4 Å². The van der Waals surface area contributed by atoms with Crippen molar-refractivity contribution in [2.45, 2.75) is 12.5 Å². The second kappa shape index (κ2) is 5.94. The topological polar surface area (TPSA) is 75.4 Å². The first-order valence-corrected chi connectivity index (χ1v) is 8.11. The molecule has 0 bridgehead atoms. The van der Waals surface area contributed by atoms with E-state index in [-0.39, 0.29) is 17.9 Å². The molecule has 1 aliphatic heterocycles. The lowest BCUT2D eigenvalue weighted by Gasteiger charge is -2.25. The Labute approximate surface area is 145 Å². The minimum Gasteiger partial charge on any atom is -0.399 e. The quantitative estimate of drug-likeness (QED) is 0.669. The second-order valence-electron chi connectivity index (χ2n) is 6.10. The van der Waals surface area contributed by atoms with E-state index in [1.807, 2.05) is 48.6 Å². The van der Waals surface area contributed by atoms with Crippen LogP contribution in [0.25, 0.3) is 0 Å². The van der Waals surface area contributed by atoms with Gasteiger partial charge in [0.1, 0.15) is 0 Å². The van der Waals surface area contributed by atoms with Gasteiger partial charge < -0.3 is 11.1 Å². The molecule has 0 unspecified atom stereocenters. The van der Waals surface area contributed by atoms with Crippen LogP contribution < -0.4 is 11.1 Å². The maximum absolute atomic E-state index is 12.6. The largest absolute Gasteiger partial charge is 0.399 e. The normalized spacial score (nSPS) is 19.0. The molecule has 0 spiro atoms. The molecule has 124 valence electrons. The predicted molar refractivity (Wildman–Crippen MR) is 97.0 cm³/mol. The Kier molecular flexibility index (Phi) is 3.61. The van der Waals surface area contributed by atoms with Crippen molar-refractivity contribution in [2.24, 2.45) is 0 Å². The van der Waals surface area contributed by atoms with Gasteiger partial charge >= 0.3 is 0 Å². The summed E-state index contributed by atoms with van der Waals surface area (Å²) in [7, 11) is 0. The van der Waals surface area contributed by atoms with Crippen molar-refractivity contribution in [1.29, 1.82) is 0 Å². The molecular formula is C20H17N3O2. The number of rotatable bonds is 3. The Morgan fingerprint density at radius 3 is 2.48 bits per heavy atom. The Morgan fingerprint density at radius 1 is 1.00 bits per heavy atom. The van der Waals surface area contributed by atoms with Crippen molar-refractivity contribution in [3.05, 3.63) is 83.6 Å². The number of allylic oxidation sites excluding steroid dienone is 1. The third kappa shape index (κ3) is 2.70. The highest BCUT2D eigenvalue weighted by atomic mass is 16.2. The molecule has 0 aromatic heterocycles. The number of carbonyl (C=O) groups is 2. The highest BCUT2D eigenvalue weighted by Crippen LogP contribution is 2.29. The molecule has 2 aromatic rings. The number of nitrogens with two attached hydrogens (primary N) is 1. The predicted octanol–water partition coefficient (Wildman–Crippen LogP) is 3.19. The van der Waals surface area contributed by atoms with E-state index >= 15 is 0 Å². The number of nitrogen functional groups attached to an aromatic ring is 1. The van der Waals surface area contributed by atoms with Crippen LogP contribution in [0.1, 0.15) is 27.1 Å². The van der Waals surface area contributed by atoms with Gasteiger partial charge in [0, 0.05) is 17.1 Å². The Hall–Kier alpha value is -3.34. The minimum absolute atomic E-state index is 0.262. The number of anilines is 2. The number of fused-ring (bicyclic) bond motifs is 1. The van der Waals surface area contributed by atoms with Gasteiger partial charge in [-0.15, -0.1) is 0 Å². The maximum Gasteiger partial charge on any atom is 0.262 e. The van der Waals surface area contributed by atoms with Crippen LogP contribution in [0.15, 0.2) is 72.5 Å². The number of nitrogens with zero attached hydrogens (tertiary/aromatic N) is 1. The monoisotopic (exact) mass is 331 g/mol. The summed E-state index contributed by atoms with van der Waals surface area (Å²) in [5.74, 6) is -0.544. The summed E-state index contributed by atoms with van der Waals surface area (Å²) in [6.07, 6.45) is 6.36. The molecular weight excluding hydrogens is 314 g/mol. The standard InChI is InChI=1S/C20H17N3O2/c21-13-6-11-17-18(12-13)20(25)23(19(17)24)16-9-7-15(8-10-16)22-14-4-2-1-3-5-14/h1-9,11-12,16,22H,10,21H2/t16-/m0/s1. The van der Waals surface area contributed by atoms with E-state index in [2.05, 4.69) is 5.32 Å². The van der Waals surface area contributed by atoms with Crippen molar-refractivity contribution < 1.29 is 9.59 Å². The van der Waals surface area contributed by atoms with Gasteiger partial charge in [0.15, 0.2) is 0 Å². The Morgan fingerprint density at radius 2 is 1.76 bits per heavy atom. The fourth-order valence-corrected chi connectivity index (χ4v) is 3.16. The zero-order valence-corrected chi connectivity index (χ0v) is 13.5. The van der Waals surface area contributed by atoms with E-state index in [1.165, 1.54) is 4.90 Å². The van der Waals surface area contributed by atoms with Crippen LogP contribution in [0, 0.1) is 0 Å². The first-order valence-electron chi connectivity index (χ1n) is 8.11. The zero-order valence-electron chi connectivity index (χ0n) is 13.5. The lowest BCUT2D eigenvalue weighted by molar-refractivity contribution is 0.0615. The van der Waals surface area contributed by atoms with Crippen LogP contribution in [-0.2, 0) is 0 Å². The van der Waals surface area contributed by atoms with Crippen molar-refractivity contribution in [3.8, 4) is 0 Å². The van der Waals surface area contributed by atoms with E-state index in [0.29, 0.717) is 23.2 Å². The van der Waals surface area contributed by atoms with Crippen LogP contribution in [0.2, 0.25) is 0 Å². The highest BCUT2D eigenvalue weighted by Gasteiger charge is 2.39. The van der Waals surface area contributed by atoms with Gasteiger partial charge in [-0.2, -0.15) is 0 Å². The Balaban J connectivity index is 1.51. The van der Waals surface area contributed by atoms with Gasteiger partial charge in [0.2, 0.25) is 0 Å². The summed E-state index contributed by atoms with van der Waals surface area (Å²) in [5.41, 5.74) is 8.97. The molecule has 4 rings (SSSR count). The zero-order chi connectivity index (χ0) is 17.4.